The van der Waals surface area contributed by atoms with Crippen LogP contribution in [-0.2, 0) is 18.3 Å². The van der Waals surface area contributed by atoms with Crippen molar-refractivity contribution in [2.75, 3.05) is 13.4 Å². The van der Waals surface area contributed by atoms with Crippen molar-refractivity contribution in [2.24, 2.45) is 7.05 Å². The van der Waals surface area contributed by atoms with Gasteiger partial charge in [-0.2, -0.15) is 0 Å². The van der Waals surface area contributed by atoms with Crippen LogP contribution in [0, 0.1) is 24.0 Å². The molecule has 0 atom stereocenters. The maximum Gasteiger partial charge on any atom is 0.378 e. The van der Waals surface area contributed by atoms with E-state index >= 15 is 0 Å². The van der Waals surface area contributed by atoms with Gasteiger partial charge in [0.05, 0.1) is 7.05 Å². The van der Waals surface area contributed by atoms with E-state index in [9.17, 15) is 19.7 Å². The topological polar surface area (TPSA) is 115 Å². The highest BCUT2D eigenvalue weighted by Crippen LogP contribution is 2.33. The van der Waals surface area contributed by atoms with E-state index in [-0.39, 0.29) is 24.1 Å². The van der Waals surface area contributed by atoms with E-state index in [1.54, 1.807) is 6.07 Å². The molecular formula is C22H21N3O7. The SMILES string of the molecule is Cc1cc(C(=O)COC(=O)c2ccc([N+](=O)[O-])n2C)c(C)n1Cc1ccc2c(c1)OCO2. The number of nitrogens with zero attached hydrogens (tertiary/aromatic N) is 3. The highest BCUT2D eigenvalue weighted by molar-refractivity contribution is 6.00. The van der Waals surface area contributed by atoms with Gasteiger partial charge in [-0.3, -0.25) is 4.79 Å². The minimum Gasteiger partial charge on any atom is -0.454 e. The molecule has 2 aromatic heterocycles. The summed E-state index contributed by atoms with van der Waals surface area (Å²) in [7, 11) is 1.39. The number of aromatic nitrogens is 2. The van der Waals surface area contributed by atoms with E-state index in [1.807, 2.05) is 36.6 Å². The lowest BCUT2D eigenvalue weighted by molar-refractivity contribution is -0.391. The van der Waals surface area contributed by atoms with Crippen LogP contribution in [0.25, 0.3) is 0 Å². The van der Waals surface area contributed by atoms with Crippen LogP contribution in [0.2, 0.25) is 0 Å². The van der Waals surface area contributed by atoms with Gasteiger partial charge in [0.25, 0.3) is 0 Å². The number of rotatable bonds is 7. The molecule has 10 heteroatoms. The summed E-state index contributed by atoms with van der Waals surface area (Å²) in [5, 5.41) is 10.9. The Morgan fingerprint density at radius 1 is 1.12 bits per heavy atom. The van der Waals surface area contributed by atoms with E-state index in [0.717, 1.165) is 21.5 Å². The first-order valence-corrected chi connectivity index (χ1v) is 9.82. The Balaban J connectivity index is 1.45. The van der Waals surface area contributed by atoms with Crippen LogP contribution in [0.3, 0.4) is 0 Å². The molecule has 0 bridgehead atoms. The van der Waals surface area contributed by atoms with Gasteiger partial charge in [-0.25, -0.2) is 9.36 Å². The maximum atomic E-state index is 12.7. The van der Waals surface area contributed by atoms with Crippen LogP contribution in [0.5, 0.6) is 11.5 Å². The van der Waals surface area contributed by atoms with Gasteiger partial charge in [0.2, 0.25) is 18.3 Å². The number of esters is 1. The van der Waals surface area contributed by atoms with Crippen LogP contribution in [-0.4, -0.2) is 39.2 Å². The molecular weight excluding hydrogens is 418 g/mol. The van der Waals surface area contributed by atoms with Crippen molar-refractivity contribution in [1.29, 1.82) is 0 Å². The van der Waals surface area contributed by atoms with Crippen molar-refractivity contribution in [1.82, 2.24) is 9.13 Å². The van der Waals surface area contributed by atoms with E-state index in [2.05, 4.69) is 0 Å². The fraction of sp³-hybridized carbons (Fsp3) is 0.273. The summed E-state index contributed by atoms with van der Waals surface area (Å²) in [6, 6.07) is 9.96. The molecule has 1 aliphatic heterocycles. The normalized spacial score (nSPS) is 12.1. The number of hydrogen-bond donors (Lipinski definition) is 0. The van der Waals surface area contributed by atoms with Gasteiger partial charge in [-0.05, 0) is 42.5 Å². The minimum atomic E-state index is -0.803. The molecule has 0 saturated heterocycles. The van der Waals surface area contributed by atoms with E-state index in [0.29, 0.717) is 23.6 Å². The lowest BCUT2D eigenvalue weighted by Gasteiger charge is -2.11. The molecule has 0 spiro atoms. The first-order valence-electron chi connectivity index (χ1n) is 9.82. The zero-order valence-electron chi connectivity index (χ0n) is 17.8. The highest BCUT2D eigenvalue weighted by atomic mass is 16.7. The van der Waals surface area contributed by atoms with Crippen molar-refractivity contribution < 1.29 is 28.7 Å². The molecule has 0 amide bonds. The monoisotopic (exact) mass is 439 g/mol. The number of ether oxygens (including phenoxy) is 3. The Hall–Kier alpha value is -4.08. The average molecular weight is 439 g/mol. The average Bonchev–Trinajstić information content (AvgIpc) is 3.45. The summed E-state index contributed by atoms with van der Waals surface area (Å²) in [5.74, 6) is -0.00410. The van der Waals surface area contributed by atoms with Crippen molar-refractivity contribution in [3.8, 4) is 11.5 Å². The van der Waals surface area contributed by atoms with Crippen LogP contribution in [0.1, 0.15) is 37.8 Å². The molecule has 3 heterocycles. The number of Topliss-reactive ketones (excluding diaryl/α,β-unsaturated/α-hetero) is 1. The summed E-state index contributed by atoms with van der Waals surface area (Å²) < 4.78 is 19.0. The molecule has 1 aromatic carbocycles. The maximum absolute atomic E-state index is 12.7. The molecule has 0 aliphatic carbocycles. The van der Waals surface area contributed by atoms with E-state index in [4.69, 9.17) is 14.2 Å². The number of ketones is 1. The molecule has 0 N–H and O–H groups in total. The Labute approximate surface area is 183 Å². The molecule has 32 heavy (non-hydrogen) atoms. The third-order valence-corrected chi connectivity index (χ3v) is 5.48. The van der Waals surface area contributed by atoms with Gasteiger partial charge in [0, 0.05) is 35.6 Å². The van der Waals surface area contributed by atoms with Gasteiger partial charge in [0.1, 0.15) is 0 Å². The second kappa shape index (κ2) is 8.22. The van der Waals surface area contributed by atoms with Crippen LogP contribution in [0.15, 0.2) is 36.4 Å². The minimum absolute atomic E-state index is 0.00205. The molecule has 3 aromatic rings. The predicted molar refractivity (Wildman–Crippen MR) is 112 cm³/mol. The van der Waals surface area contributed by atoms with E-state index in [1.165, 1.54) is 19.2 Å². The number of hydrogen-bond acceptors (Lipinski definition) is 7. The zero-order valence-corrected chi connectivity index (χ0v) is 17.8. The summed E-state index contributed by atoms with van der Waals surface area (Å²) in [6.07, 6.45) is 0. The zero-order chi connectivity index (χ0) is 23.0. The van der Waals surface area contributed by atoms with Gasteiger partial charge in [0.15, 0.2) is 18.1 Å². The predicted octanol–water partition coefficient (Wildman–Crippen LogP) is 3.17. The lowest BCUT2D eigenvalue weighted by Crippen LogP contribution is -2.17. The first kappa shape index (κ1) is 21.2. The Morgan fingerprint density at radius 3 is 2.59 bits per heavy atom. The van der Waals surface area contributed by atoms with Crippen molar-refractivity contribution in [3.63, 3.8) is 0 Å². The number of benzene rings is 1. The number of aryl methyl sites for hydroxylation is 1. The number of carbonyl (C=O) groups is 2. The summed E-state index contributed by atoms with van der Waals surface area (Å²) in [6.45, 7) is 4.00. The van der Waals surface area contributed by atoms with Gasteiger partial charge in [-0.15, -0.1) is 0 Å². The van der Waals surface area contributed by atoms with Gasteiger partial charge in [-0.1, -0.05) is 6.07 Å². The molecule has 0 fully saturated rings. The van der Waals surface area contributed by atoms with Crippen molar-refractivity contribution in [3.05, 3.63) is 74.7 Å². The third kappa shape index (κ3) is 3.82. The van der Waals surface area contributed by atoms with Crippen molar-refractivity contribution >= 4 is 17.6 Å². The molecule has 0 unspecified atom stereocenters. The fourth-order valence-corrected chi connectivity index (χ4v) is 3.72. The largest absolute Gasteiger partial charge is 0.454 e. The highest BCUT2D eigenvalue weighted by Gasteiger charge is 2.24. The van der Waals surface area contributed by atoms with Crippen LogP contribution >= 0.6 is 0 Å². The molecule has 166 valence electrons. The fourth-order valence-electron chi connectivity index (χ4n) is 3.72. The quantitative estimate of drug-likeness (QED) is 0.240. The Kier molecular flexibility index (Phi) is 5.43. The second-order valence-electron chi connectivity index (χ2n) is 7.45. The standard InChI is InChI=1S/C22H21N3O7/c1-13-8-16(14(2)24(13)10-15-4-6-19-20(9-15)32-12-31-19)18(26)11-30-22(27)17-5-7-21(23(17)3)25(28)29/h4-9H,10-12H2,1-3H3. The van der Waals surface area contributed by atoms with Crippen LogP contribution in [0.4, 0.5) is 5.82 Å². The number of carbonyl (C=O) groups excluding carboxylic acids is 2. The molecule has 0 saturated carbocycles. The second-order valence-corrected chi connectivity index (χ2v) is 7.45. The van der Waals surface area contributed by atoms with E-state index < -0.39 is 17.5 Å². The lowest BCUT2D eigenvalue weighted by atomic mass is 10.1. The molecule has 0 radical (unpaired) electrons. The smallest absolute Gasteiger partial charge is 0.378 e. The Bertz CT molecular complexity index is 1240. The summed E-state index contributed by atoms with van der Waals surface area (Å²) in [5.41, 5.74) is 3.07. The van der Waals surface area contributed by atoms with Crippen LogP contribution < -0.4 is 9.47 Å². The Morgan fingerprint density at radius 2 is 1.88 bits per heavy atom. The molecule has 1 aliphatic rings. The van der Waals surface area contributed by atoms with Gasteiger partial charge < -0.3 is 28.9 Å². The molecule has 4 rings (SSSR count). The summed E-state index contributed by atoms with van der Waals surface area (Å²) >= 11 is 0. The van der Waals surface area contributed by atoms with Crippen molar-refractivity contribution in [2.45, 2.75) is 20.4 Å². The molecule has 10 nitrogen and oxygen atoms in total. The van der Waals surface area contributed by atoms with Gasteiger partial charge >= 0.3 is 11.8 Å². The number of nitro groups is 1. The number of fused-ring (bicyclic) bond motifs is 1. The summed E-state index contributed by atoms with van der Waals surface area (Å²) in [4.78, 5) is 35.3. The first-order chi connectivity index (χ1) is 15.3. The third-order valence-electron chi connectivity index (χ3n) is 5.48.